The predicted molar refractivity (Wildman–Crippen MR) is 127 cm³/mol. The molecule has 0 saturated heterocycles. The van der Waals surface area contributed by atoms with Crippen molar-refractivity contribution < 1.29 is 24.0 Å². The third kappa shape index (κ3) is 3.22. The number of phenolic OH excluding ortho intramolecular Hbond substituents is 1. The van der Waals surface area contributed by atoms with Gasteiger partial charge < -0.3 is 19.5 Å². The van der Waals surface area contributed by atoms with Crippen LogP contribution >= 0.6 is 0 Å². The highest BCUT2D eigenvalue weighted by atomic mass is 32.2. The number of carbonyl (C=O) groups excluding carboxylic acids is 1. The quantitative estimate of drug-likeness (QED) is 0.311. The second kappa shape index (κ2) is 7.10. The van der Waals surface area contributed by atoms with E-state index in [2.05, 4.69) is 0 Å². The van der Waals surface area contributed by atoms with Crippen molar-refractivity contribution >= 4 is 32.9 Å². The van der Waals surface area contributed by atoms with E-state index in [-0.39, 0.29) is 42.0 Å². The second-order valence-corrected chi connectivity index (χ2v) is 12.1. The Bertz CT molecular complexity index is 1500. The number of aliphatic hydroxyl groups is 1. The van der Waals surface area contributed by atoms with Crippen LogP contribution in [0, 0.1) is 0 Å². The lowest BCUT2D eigenvalue weighted by Gasteiger charge is -2.31. The van der Waals surface area contributed by atoms with Crippen LogP contribution in [0.2, 0.25) is 0 Å². The number of carbonyl (C=O) groups is 1. The van der Waals surface area contributed by atoms with Gasteiger partial charge in [-0.3, -0.25) is 9.00 Å². The highest BCUT2D eigenvalue weighted by Crippen LogP contribution is 2.41. The van der Waals surface area contributed by atoms with Crippen molar-refractivity contribution in [1.82, 2.24) is 9.55 Å². The smallest absolute Gasteiger partial charge is 0.343 e. The van der Waals surface area contributed by atoms with Gasteiger partial charge in [0.2, 0.25) is 0 Å². The highest BCUT2D eigenvalue weighted by Gasteiger charge is 2.45. The molecule has 0 aliphatic carbocycles. The molecule has 2 aliphatic rings. The number of aromatic nitrogens is 2. The Morgan fingerprint density at radius 3 is 2.70 bits per heavy atom. The fourth-order valence-electron chi connectivity index (χ4n) is 4.54. The number of pyridine rings is 2. The predicted octanol–water partition coefficient (Wildman–Crippen LogP) is 2.03. The molecule has 172 valence electrons. The van der Waals surface area contributed by atoms with Crippen LogP contribution in [-0.2, 0) is 38.2 Å². The summed E-state index contributed by atoms with van der Waals surface area (Å²) in [5, 5.41) is 23.4. The van der Waals surface area contributed by atoms with E-state index in [9.17, 15) is 24.0 Å². The highest BCUT2D eigenvalue weighted by molar-refractivity contribution is 8.04. The zero-order valence-electron chi connectivity index (χ0n) is 18.5. The molecule has 2 aliphatic heterocycles. The number of ether oxygens (including phenoxy) is 1. The van der Waals surface area contributed by atoms with Gasteiger partial charge in [0.1, 0.15) is 12.4 Å². The van der Waals surface area contributed by atoms with Crippen LogP contribution in [0.25, 0.3) is 28.4 Å². The average Bonchev–Trinajstić information content (AvgIpc) is 3.12. The SMILES string of the molecule is CC[C@@]1(O)C(=O)OCc2c1cc1n(c2=O)Cc2c-1nc1ccc(O)cc1c2/C=C/[SH](C)(C)=O. The van der Waals surface area contributed by atoms with Crippen LogP contribution in [-0.4, -0.2) is 42.5 Å². The number of cyclic esters (lactones) is 1. The van der Waals surface area contributed by atoms with Crippen LogP contribution in [0.4, 0.5) is 0 Å². The van der Waals surface area contributed by atoms with Gasteiger partial charge in [-0.15, -0.1) is 0 Å². The molecule has 1 aromatic carbocycles. The maximum atomic E-state index is 13.4. The second-order valence-electron chi connectivity index (χ2n) is 8.91. The molecule has 2 aromatic heterocycles. The van der Waals surface area contributed by atoms with Crippen molar-refractivity contribution in [3.05, 3.63) is 62.3 Å². The van der Waals surface area contributed by atoms with Crippen molar-refractivity contribution in [2.45, 2.75) is 32.1 Å². The molecule has 0 unspecified atom stereocenters. The Labute approximate surface area is 190 Å². The molecule has 0 fully saturated rings. The van der Waals surface area contributed by atoms with E-state index in [4.69, 9.17) is 9.72 Å². The number of aromatic hydroxyl groups is 1. The Kier molecular flexibility index (Phi) is 4.63. The van der Waals surface area contributed by atoms with Crippen molar-refractivity contribution in [2.24, 2.45) is 0 Å². The van der Waals surface area contributed by atoms with Crippen molar-refractivity contribution in [3.63, 3.8) is 0 Å². The Morgan fingerprint density at radius 1 is 1.24 bits per heavy atom. The molecular formula is C24H24N2O6S. The molecule has 4 heterocycles. The molecule has 8 nitrogen and oxygen atoms in total. The van der Waals surface area contributed by atoms with Gasteiger partial charge in [0.25, 0.3) is 5.56 Å². The zero-order chi connectivity index (χ0) is 23.7. The third-order valence-electron chi connectivity index (χ3n) is 6.32. The molecule has 0 amide bonds. The Balaban J connectivity index is 1.83. The normalized spacial score (nSPS) is 19.9. The van der Waals surface area contributed by atoms with E-state index < -0.39 is 21.5 Å². The fourth-order valence-corrected chi connectivity index (χ4v) is 5.05. The number of phenols is 1. The Hall–Kier alpha value is -3.30. The van der Waals surface area contributed by atoms with Gasteiger partial charge in [0, 0.05) is 16.5 Å². The molecule has 0 radical (unpaired) electrons. The summed E-state index contributed by atoms with van der Waals surface area (Å²) in [4.78, 5) is 30.5. The first kappa shape index (κ1) is 21.5. The molecule has 5 rings (SSSR count). The van der Waals surface area contributed by atoms with Crippen molar-refractivity contribution in [1.29, 1.82) is 0 Å². The lowest BCUT2D eigenvalue weighted by atomic mass is 9.86. The lowest BCUT2D eigenvalue weighted by Crippen LogP contribution is -2.44. The molecule has 0 bridgehead atoms. The topological polar surface area (TPSA) is 119 Å². The van der Waals surface area contributed by atoms with E-state index in [1.54, 1.807) is 53.7 Å². The zero-order valence-corrected chi connectivity index (χ0v) is 19.3. The van der Waals surface area contributed by atoms with Gasteiger partial charge in [-0.05, 0) is 60.2 Å². The largest absolute Gasteiger partial charge is 0.508 e. The summed E-state index contributed by atoms with van der Waals surface area (Å²) >= 11 is 0. The number of nitrogens with zero attached hydrogens (tertiary/aromatic N) is 2. The van der Waals surface area contributed by atoms with Crippen LogP contribution < -0.4 is 5.56 Å². The summed E-state index contributed by atoms with van der Waals surface area (Å²) in [6.07, 6.45) is 5.13. The molecule has 0 spiro atoms. The number of benzene rings is 1. The van der Waals surface area contributed by atoms with Crippen LogP contribution in [0.5, 0.6) is 5.75 Å². The van der Waals surface area contributed by atoms with Gasteiger partial charge in [-0.1, -0.05) is 16.9 Å². The number of rotatable bonds is 3. The fraction of sp³-hybridized carbons (Fsp3) is 0.292. The molecule has 9 heteroatoms. The molecular weight excluding hydrogens is 444 g/mol. The van der Waals surface area contributed by atoms with Gasteiger partial charge in [0.05, 0.1) is 29.0 Å². The average molecular weight is 469 g/mol. The third-order valence-corrected chi connectivity index (χ3v) is 7.18. The van der Waals surface area contributed by atoms with Gasteiger partial charge >= 0.3 is 5.97 Å². The summed E-state index contributed by atoms with van der Waals surface area (Å²) in [5.41, 5.74) is 1.35. The minimum atomic E-state index is -2.49. The molecule has 3 aromatic rings. The number of fused-ring (bicyclic) bond motifs is 5. The van der Waals surface area contributed by atoms with Gasteiger partial charge in [0.15, 0.2) is 5.60 Å². The molecule has 1 atom stereocenters. The first-order valence-corrected chi connectivity index (χ1v) is 13.3. The van der Waals surface area contributed by atoms with Crippen molar-refractivity contribution in [2.75, 3.05) is 12.5 Å². The molecule has 0 saturated carbocycles. The van der Waals surface area contributed by atoms with E-state index >= 15 is 0 Å². The summed E-state index contributed by atoms with van der Waals surface area (Å²) in [6, 6.07) is 6.46. The van der Waals surface area contributed by atoms with Crippen LogP contribution in [0.3, 0.4) is 0 Å². The maximum absolute atomic E-state index is 13.4. The van der Waals surface area contributed by atoms with E-state index in [1.165, 1.54) is 6.07 Å². The van der Waals surface area contributed by atoms with E-state index in [1.807, 2.05) is 0 Å². The summed E-state index contributed by atoms with van der Waals surface area (Å²) in [6.45, 7) is 1.67. The van der Waals surface area contributed by atoms with Crippen LogP contribution in [0.15, 0.2) is 34.5 Å². The van der Waals surface area contributed by atoms with Gasteiger partial charge in [-0.25, -0.2) is 9.78 Å². The lowest BCUT2D eigenvalue weighted by molar-refractivity contribution is -0.172. The molecule has 2 N–H and O–H groups in total. The van der Waals surface area contributed by atoms with Crippen LogP contribution in [0.1, 0.15) is 35.6 Å². The minimum absolute atomic E-state index is 0.0648. The number of hydrogen-bond donors (Lipinski definition) is 3. The number of hydrogen-bond acceptors (Lipinski definition) is 7. The maximum Gasteiger partial charge on any atom is 0.343 e. The number of thiol groups is 1. The standard InChI is InChI=1S/C24H24N2O6S/c1-4-24(30)18-10-20-21-16(11-26(20)22(28)17(18)12-32-23(24)29)14(7-8-33(2,3)31)15-9-13(27)5-6-19(15)25-21/h5-10,27,30,33H,4,11-12H2,1-3H3/b8-7+/t24-/m0/s1. The minimum Gasteiger partial charge on any atom is -0.508 e. The van der Waals surface area contributed by atoms with Crippen molar-refractivity contribution in [3.8, 4) is 17.1 Å². The van der Waals surface area contributed by atoms with Gasteiger partial charge in [-0.2, -0.15) is 0 Å². The monoisotopic (exact) mass is 468 g/mol. The first-order chi connectivity index (χ1) is 15.5. The molecule has 33 heavy (non-hydrogen) atoms. The summed E-state index contributed by atoms with van der Waals surface area (Å²) < 4.78 is 19.1. The Morgan fingerprint density at radius 2 is 2.00 bits per heavy atom. The van der Waals surface area contributed by atoms with E-state index in [0.717, 1.165) is 5.56 Å². The summed E-state index contributed by atoms with van der Waals surface area (Å²) in [7, 11) is -2.49. The van der Waals surface area contributed by atoms with E-state index in [0.29, 0.717) is 27.9 Å². The first-order valence-electron chi connectivity index (χ1n) is 10.6. The summed E-state index contributed by atoms with van der Waals surface area (Å²) in [5.74, 6) is -0.700. The number of esters is 1.